The highest BCUT2D eigenvalue weighted by Gasteiger charge is 2.57. The number of piperidine rings is 1. The number of nitrogens with zero attached hydrogens (tertiary/aromatic N) is 1. The summed E-state index contributed by atoms with van der Waals surface area (Å²) in [6.07, 6.45) is 4.00. The highest BCUT2D eigenvalue weighted by atomic mass is 35.5. The lowest BCUT2D eigenvalue weighted by Crippen LogP contribution is -2.39. The Bertz CT molecular complexity index is 520. The summed E-state index contributed by atoms with van der Waals surface area (Å²) >= 11 is 1.69. The second-order valence-electron chi connectivity index (χ2n) is 6.84. The topological polar surface area (TPSA) is 50.8 Å². The molecule has 1 aliphatic heterocycles. The minimum absolute atomic E-state index is 0. The number of thiophene rings is 1. The molecule has 1 aliphatic carbocycles. The van der Waals surface area contributed by atoms with Crippen LogP contribution in [-0.4, -0.2) is 56.9 Å². The van der Waals surface area contributed by atoms with Gasteiger partial charge in [0.15, 0.2) is 0 Å². The van der Waals surface area contributed by atoms with Crippen LogP contribution in [0.15, 0.2) is 16.8 Å². The first kappa shape index (κ1) is 20.6. The molecule has 1 atom stereocenters. The van der Waals surface area contributed by atoms with E-state index in [1.807, 2.05) is 0 Å². The van der Waals surface area contributed by atoms with Gasteiger partial charge in [0.25, 0.3) is 0 Å². The van der Waals surface area contributed by atoms with E-state index in [0.717, 1.165) is 26.1 Å². The third-order valence-electron chi connectivity index (χ3n) is 5.27. The minimum atomic E-state index is 0. The minimum Gasteiger partial charge on any atom is -0.382 e. The first-order valence-electron chi connectivity index (χ1n) is 8.83. The van der Waals surface area contributed by atoms with Crippen LogP contribution in [0.25, 0.3) is 0 Å². The number of halogens is 1. The van der Waals surface area contributed by atoms with Gasteiger partial charge in [-0.15, -0.1) is 12.4 Å². The molecule has 1 aromatic heterocycles. The van der Waals surface area contributed by atoms with E-state index in [2.05, 4.69) is 27.0 Å². The predicted molar refractivity (Wildman–Crippen MR) is 102 cm³/mol. The number of hydrogen-bond donors (Lipinski definition) is 1. The summed E-state index contributed by atoms with van der Waals surface area (Å²) in [6, 6.07) is 2.53. The van der Waals surface area contributed by atoms with Crippen molar-refractivity contribution in [3.05, 3.63) is 22.4 Å². The molecule has 1 aromatic rings. The Balaban J connectivity index is 0.00000225. The summed E-state index contributed by atoms with van der Waals surface area (Å²) in [5.41, 5.74) is 1.61. The zero-order valence-electron chi connectivity index (χ0n) is 14.9. The average molecular weight is 389 g/mol. The molecule has 0 bridgehead atoms. The van der Waals surface area contributed by atoms with Gasteiger partial charge in [-0.3, -0.25) is 4.79 Å². The lowest BCUT2D eigenvalue weighted by molar-refractivity contribution is -0.134. The van der Waals surface area contributed by atoms with E-state index in [1.54, 1.807) is 18.4 Å². The molecule has 5 nitrogen and oxygen atoms in total. The Kier molecular flexibility index (Phi) is 8.16. The summed E-state index contributed by atoms with van der Waals surface area (Å²) in [6.45, 7) is 4.50. The maximum absolute atomic E-state index is 12.8. The maximum atomic E-state index is 12.8. The van der Waals surface area contributed by atoms with Crippen molar-refractivity contribution >= 4 is 29.7 Å². The summed E-state index contributed by atoms with van der Waals surface area (Å²) < 4.78 is 10.5. The van der Waals surface area contributed by atoms with E-state index in [1.165, 1.54) is 18.4 Å². The molecule has 7 heteroatoms. The first-order valence-corrected chi connectivity index (χ1v) is 9.77. The molecule has 2 aliphatic rings. The van der Waals surface area contributed by atoms with Crippen molar-refractivity contribution in [1.29, 1.82) is 0 Å². The number of hydrogen-bond acceptors (Lipinski definition) is 5. The quantitative estimate of drug-likeness (QED) is 0.661. The van der Waals surface area contributed by atoms with Gasteiger partial charge in [0.05, 0.1) is 26.2 Å². The summed E-state index contributed by atoms with van der Waals surface area (Å²) in [7, 11) is 1.66. The zero-order valence-corrected chi connectivity index (χ0v) is 16.5. The van der Waals surface area contributed by atoms with Gasteiger partial charge in [0, 0.05) is 19.7 Å². The Morgan fingerprint density at radius 2 is 2.16 bits per heavy atom. The van der Waals surface area contributed by atoms with E-state index >= 15 is 0 Å². The molecule has 0 aromatic carbocycles. The second kappa shape index (κ2) is 9.88. The molecule has 0 radical (unpaired) electrons. The SMILES string of the molecule is COCCOCCC(=O)N(Cc1ccsc1)C1CC12CCNCC2.Cl. The van der Waals surface area contributed by atoms with Crippen molar-refractivity contribution in [1.82, 2.24) is 10.2 Å². The highest BCUT2D eigenvalue weighted by molar-refractivity contribution is 7.07. The Labute approximate surface area is 160 Å². The molecule has 1 saturated heterocycles. The number of rotatable bonds is 9. The number of carbonyl (C=O) groups is 1. The predicted octanol–water partition coefficient (Wildman–Crippen LogP) is 2.69. The fourth-order valence-electron chi connectivity index (χ4n) is 3.73. The van der Waals surface area contributed by atoms with Crippen LogP contribution in [0.3, 0.4) is 0 Å². The molecule has 2 heterocycles. The maximum Gasteiger partial charge on any atom is 0.225 e. The van der Waals surface area contributed by atoms with Gasteiger partial charge in [0.2, 0.25) is 5.91 Å². The molecule has 1 saturated carbocycles. The van der Waals surface area contributed by atoms with Crippen LogP contribution in [0.4, 0.5) is 0 Å². The Morgan fingerprint density at radius 1 is 1.36 bits per heavy atom. The number of nitrogens with one attached hydrogen (secondary N) is 1. The van der Waals surface area contributed by atoms with Crippen LogP contribution >= 0.6 is 23.7 Å². The molecule has 1 unspecified atom stereocenters. The average Bonchev–Trinajstić information content (AvgIpc) is 3.03. The van der Waals surface area contributed by atoms with Crippen molar-refractivity contribution < 1.29 is 14.3 Å². The van der Waals surface area contributed by atoms with Crippen LogP contribution in [0.2, 0.25) is 0 Å². The molecular formula is C18H29ClN2O3S. The van der Waals surface area contributed by atoms with Gasteiger partial charge in [-0.2, -0.15) is 11.3 Å². The van der Waals surface area contributed by atoms with Gasteiger partial charge < -0.3 is 19.7 Å². The van der Waals surface area contributed by atoms with Crippen LogP contribution < -0.4 is 5.32 Å². The largest absolute Gasteiger partial charge is 0.382 e. The molecule has 25 heavy (non-hydrogen) atoms. The van der Waals surface area contributed by atoms with E-state index in [4.69, 9.17) is 9.47 Å². The molecule has 1 amide bonds. The van der Waals surface area contributed by atoms with E-state index in [0.29, 0.717) is 37.7 Å². The molecular weight excluding hydrogens is 360 g/mol. The highest BCUT2D eigenvalue weighted by Crippen LogP contribution is 2.56. The fraction of sp³-hybridized carbons (Fsp3) is 0.722. The Hall–Kier alpha value is -0.660. The van der Waals surface area contributed by atoms with Crippen LogP contribution in [0.5, 0.6) is 0 Å². The van der Waals surface area contributed by atoms with Gasteiger partial charge in [0.1, 0.15) is 0 Å². The van der Waals surface area contributed by atoms with E-state index in [9.17, 15) is 4.79 Å². The van der Waals surface area contributed by atoms with Crippen molar-refractivity contribution in [2.24, 2.45) is 5.41 Å². The number of amides is 1. The molecule has 142 valence electrons. The van der Waals surface area contributed by atoms with Crippen LogP contribution in [-0.2, 0) is 20.8 Å². The normalized spacial score (nSPS) is 20.9. The third-order valence-corrected chi connectivity index (χ3v) is 6.00. The van der Waals surface area contributed by atoms with Crippen LogP contribution in [0.1, 0.15) is 31.2 Å². The fourth-order valence-corrected chi connectivity index (χ4v) is 4.39. The molecule has 1 N–H and O–H groups in total. The number of carbonyl (C=O) groups excluding carboxylic acids is 1. The lowest BCUT2D eigenvalue weighted by Gasteiger charge is -2.29. The molecule has 1 spiro atoms. The summed E-state index contributed by atoms with van der Waals surface area (Å²) in [4.78, 5) is 14.9. The van der Waals surface area contributed by atoms with Crippen molar-refractivity contribution in [2.75, 3.05) is 40.0 Å². The standard InChI is InChI=1S/C18H28N2O3S.ClH/c1-22-9-10-23-8-2-17(21)20(13-15-3-11-24-14-15)16-12-18(16)4-6-19-7-5-18;/h3,11,14,16,19H,2,4-10,12-13H2,1H3;1H. The number of methoxy groups -OCH3 is 1. The van der Waals surface area contributed by atoms with Gasteiger partial charge in [-0.25, -0.2) is 0 Å². The lowest BCUT2D eigenvalue weighted by atomic mass is 9.93. The third kappa shape index (κ3) is 5.41. The molecule has 3 rings (SSSR count). The smallest absolute Gasteiger partial charge is 0.225 e. The number of ether oxygens (including phenoxy) is 2. The summed E-state index contributed by atoms with van der Waals surface area (Å²) in [5, 5.41) is 7.66. The van der Waals surface area contributed by atoms with E-state index in [-0.39, 0.29) is 18.3 Å². The van der Waals surface area contributed by atoms with Gasteiger partial charge in [-0.05, 0) is 60.2 Å². The van der Waals surface area contributed by atoms with Crippen LogP contribution in [0, 0.1) is 5.41 Å². The molecule has 2 fully saturated rings. The van der Waals surface area contributed by atoms with Gasteiger partial charge >= 0.3 is 0 Å². The van der Waals surface area contributed by atoms with Crippen molar-refractivity contribution in [3.63, 3.8) is 0 Å². The van der Waals surface area contributed by atoms with E-state index < -0.39 is 0 Å². The zero-order chi connectivity index (χ0) is 16.8. The Morgan fingerprint density at radius 3 is 2.84 bits per heavy atom. The second-order valence-corrected chi connectivity index (χ2v) is 7.62. The summed E-state index contributed by atoms with van der Waals surface area (Å²) in [5.74, 6) is 0.221. The monoisotopic (exact) mass is 388 g/mol. The van der Waals surface area contributed by atoms with Gasteiger partial charge in [-0.1, -0.05) is 0 Å². The van der Waals surface area contributed by atoms with Crippen molar-refractivity contribution in [2.45, 2.75) is 38.3 Å². The first-order chi connectivity index (χ1) is 11.7. The van der Waals surface area contributed by atoms with Crippen molar-refractivity contribution in [3.8, 4) is 0 Å².